The van der Waals surface area contributed by atoms with E-state index in [4.69, 9.17) is 0 Å². The van der Waals surface area contributed by atoms with Gasteiger partial charge in [0, 0.05) is 17.8 Å². The maximum atomic E-state index is 12.7. The summed E-state index contributed by atoms with van der Waals surface area (Å²) >= 11 is 0. The predicted molar refractivity (Wildman–Crippen MR) is 108 cm³/mol. The van der Waals surface area contributed by atoms with Crippen molar-refractivity contribution >= 4 is 21.7 Å². The Hall–Kier alpha value is -2.00. The molecule has 0 N–H and O–H groups in total. The quantitative estimate of drug-likeness (QED) is 0.525. The Morgan fingerprint density at radius 3 is 2.31 bits per heavy atom. The van der Waals surface area contributed by atoms with E-state index in [0.717, 1.165) is 17.0 Å². The zero-order valence-electron chi connectivity index (χ0n) is 17.2. The zero-order chi connectivity index (χ0) is 20.9. The number of fused-ring (bicyclic) bond motifs is 1. The van der Waals surface area contributed by atoms with Gasteiger partial charge < -0.3 is 0 Å². The minimum absolute atomic E-state index is 0.0727. The fourth-order valence-electron chi connectivity index (χ4n) is 4.82. The third-order valence-corrected chi connectivity index (χ3v) is 8.19. The summed E-state index contributed by atoms with van der Waals surface area (Å²) in [7, 11) is -1.10. The molecule has 3 aliphatic rings. The third-order valence-electron chi connectivity index (χ3n) is 6.44. The molecule has 2 amide bonds. The first-order valence-corrected chi connectivity index (χ1v) is 11.9. The highest BCUT2D eigenvalue weighted by atomic mass is 32.2. The topological polar surface area (TPSA) is 92.6 Å². The van der Waals surface area contributed by atoms with Gasteiger partial charge in [0.15, 0.2) is 9.84 Å². The highest BCUT2D eigenvalue weighted by molar-refractivity contribution is 7.91. The summed E-state index contributed by atoms with van der Waals surface area (Å²) in [6.45, 7) is 4.68. The van der Waals surface area contributed by atoms with Gasteiger partial charge in [0.2, 0.25) is 11.8 Å². The summed E-state index contributed by atoms with van der Waals surface area (Å²) in [4.78, 5) is 28.7. The number of carbonyl (C=O) groups is 2. The van der Waals surface area contributed by atoms with E-state index in [0.29, 0.717) is 25.8 Å². The Morgan fingerprint density at radius 2 is 1.76 bits per heavy atom. The Labute approximate surface area is 171 Å². The zero-order valence-corrected chi connectivity index (χ0v) is 18.0. The highest BCUT2D eigenvalue weighted by Crippen LogP contribution is 2.35. The normalized spacial score (nSPS) is 28.6. The molecule has 2 saturated heterocycles. The van der Waals surface area contributed by atoms with Gasteiger partial charge in [0.25, 0.3) is 0 Å². The largest absolute Gasteiger partial charge is 0.284 e. The van der Waals surface area contributed by atoms with Gasteiger partial charge in [-0.2, -0.15) is 5.10 Å². The smallest absolute Gasteiger partial charge is 0.234 e. The van der Waals surface area contributed by atoms with Crippen molar-refractivity contribution in [3.8, 4) is 0 Å². The van der Waals surface area contributed by atoms with Crippen LogP contribution < -0.4 is 0 Å². The van der Waals surface area contributed by atoms with Crippen LogP contribution in [0.15, 0.2) is 12.2 Å². The second-order valence-electron chi connectivity index (χ2n) is 8.57. The van der Waals surface area contributed by atoms with E-state index in [-0.39, 0.29) is 47.9 Å². The van der Waals surface area contributed by atoms with Gasteiger partial charge >= 0.3 is 0 Å². The van der Waals surface area contributed by atoms with Crippen molar-refractivity contribution in [2.75, 3.05) is 25.2 Å². The van der Waals surface area contributed by atoms with Crippen molar-refractivity contribution in [1.82, 2.24) is 19.6 Å². The first-order valence-electron chi connectivity index (χ1n) is 10.1. The van der Waals surface area contributed by atoms with Crippen LogP contribution in [0.4, 0.5) is 0 Å². The van der Waals surface area contributed by atoms with Gasteiger partial charge in [-0.1, -0.05) is 12.2 Å². The summed E-state index contributed by atoms with van der Waals surface area (Å²) in [6, 6.07) is -0.116. The molecule has 0 aromatic carbocycles. The molecule has 1 aromatic rings. The first-order chi connectivity index (χ1) is 13.7. The molecule has 0 unspecified atom stereocenters. The number of nitrogens with zero attached hydrogens (tertiary/aromatic N) is 4. The van der Waals surface area contributed by atoms with Crippen molar-refractivity contribution in [3.05, 3.63) is 29.1 Å². The lowest BCUT2D eigenvalue weighted by molar-refractivity contribution is -0.142. The standard InChI is InChI=1S/C20H28N4O4S/c1-13-18(14(2)24(21-13)15-8-9-29(27,28)11-15)10-22(3)12-23-19(25)16-6-4-5-7-17(16)20(23)26/h4-5,15-17H,6-12H2,1-3H3/t15-,16-,17+/m1/s1. The minimum atomic E-state index is -2.98. The van der Waals surface area contributed by atoms with Crippen molar-refractivity contribution < 1.29 is 18.0 Å². The van der Waals surface area contributed by atoms with Crippen molar-refractivity contribution in [2.24, 2.45) is 11.8 Å². The van der Waals surface area contributed by atoms with E-state index in [2.05, 4.69) is 5.10 Å². The number of likely N-dealkylation sites (tertiary alicyclic amines) is 1. The van der Waals surface area contributed by atoms with Gasteiger partial charge in [-0.25, -0.2) is 8.42 Å². The molecule has 29 heavy (non-hydrogen) atoms. The van der Waals surface area contributed by atoms with Crippen molar-refractivity contribution in [3.63, 3.8) is 0 Å². The van der Waals surface area contributed by atoms with E-state index in [1.807, 2.05) is 42.6 Å². The van der Waals surface area contributed by atoms with Gasteiger partial charge in [0.1, 0.15) is 0 Å². The molecule has 0 bridgehead atoms. The number of sulfone groups is 1. The molecule has 1 aromatic heterocycles. The number of hydrogen-bond acceptors (Lipinski definition) is 6. The number of carbonyl (C=O) groups excluding carboxylic acids is 2. The van der Waals surface area contributed by atoms with Crippen LogP contribution in [0, 0.1) is 25.7 Å². The molecule has 4 rings (SSSR count). The predicted octanol–water partition coefficient (Wildman–Crippen LogP) is 1.20. The average molecular weight is 421 g/mol. The molecule has 0 radical (unpaired) electrons. The van der Waals surface area contributed by atoms with Crippen LogP contribution in [0.3, 0.4) is 0 Å². The van der Waals surface area contributed by atoms with E-state index in [1.54, 1.807) is 0 Å². The van der Waals surface area contributed by atoms with E-state index in [1.165, 1.54) is 4.90 Å². The van der Waals surface area contributed by atoms with Gasteiger partial charge in [0.05, 0.1) is 41.7 Å². The second kappa shape index (κ2) is 7.36. The summed E-state index contributed by atoms with van der Waals surface area (Å²) in [5.74, 6) is -0.222. The first kappa shape index (κ1) is 20.3. The molecule has 9 heteroatoms. The van der Waals surface area contributed by atoms with E-state index < -0.39 is 9.84 Å². The number of amides is 2. The maximum absolute atomic E-state index is 12.7. The summed E-state index contributed by atoms with van der Waals surface area (Å²) < 4.78 is 25.5. The van der Waals surface area contributed by atoms with Gasteiger partial charge in [-0.05, 0) is 40.2 Å². The molecule has 0 saturated carbocycles. The van der Waals surface area contributed by atoms with Gasteiger partial charge in [-0.15, -0.1) is 0 Å². The molecule has 1 aliphatic carbocycles. The molecule has 158 valence electrons. The molecule has 8 nitrogen and oxygen atoms in total. The number of aryl methyl sites for hydroxylation is 1. The number of rotatable bonds is 5. The fourth-order valence-corrected chi connectivity index (χ4v) is 6.51. The molecule has 3 heterocycles. The van der Waals surface area contributed by atoms with Crippen molar-refractivity contribution in [1.29, 1.82) is 0 Å². The lowest BCUT2D eigenvalue weighted by Gasteiger charge is -2.23. The van der Waals surface area contributed by atoms with E-state index >= 15 is 0 Å². The lowest BCUT2D eigenvalue weighted by Crippen LogP contribution is -2.40. The van der Waals surface area contributed by atoms with Crippen LogP contribution in [-0.2, 0) is 26.0 Å². The molecular formula is C20H28N4O4S. The fraction of sp³-hybridized carbons (Fsp3) is 0.650. The van der Waals surface area contributed by atoms with Crippen LogP contribution in [0.5, 0.6) is 0 Å². The molecule has 2 aliphatic heterocycles. The van der Waals surface area contributed by atoms with Crippen LogP contribution in [0.2, 0.25) is 0 Å². The van der Waals surface area contributed by atoms with Crippen LogP contribution in [0.1, 0.15) is 42.3 Å². The SMILES string of the molecule is Cc1nn([C@@H]2CCS(=O)(=O)C2)c(C)c1CN(C)CN1C(=O)[C@H]2CC=CC[C@H]2C1=O. The third kappa shape index (κ3) is 3.66. The monoisotopic (exact) mass is 420 g/mol. The summed E-state index contributed by atoms with van der Waals surface area (Å²) in [6.07, 6.45) is 5.86. The van der Waals surface area contributed by atoms with Crippen LogP contribution >= 0.6 is 0 Å². The number of hydrogen-bond donors (Lipinski definition) is 0. The number of allylic oxidation sites excluding steroid dienone is 2. The molecule has 2 fully saturated rings. The number of imide groups is 1. The Kier molecular flexibility index (Phi) is 5.14. The van der Waals surface area contributed by atoms with E-state index in [9.17, 15) is 18.0 Å². The maximum Gasteiger partial charge on any atom is 0.234 e. The van der Waals surface area contributed by atoms with Crippen LogP contribution in [0.25, 0.3) is 0 Å². The Balaban J connectivity index is 1.46. The second-order valence-corrected chi connectivity index (χ2v) is 10.8. The van der Waals surface area contributed by atoms with Crippen molar-refractivity contribution in [2.45, 2.75) is 45.7 Å². The molecule has 0 spiro atoms. The minimum Gasteiger partial charge on any atom is -0.284 e. The Morgan fingerprint density at radius 1 is 1.14 bits per heavy atom. The molecule has 3 atom stereocenters. The van der Waals surface area contributed by atoms with Crippen LogP contribution in [-0.4, -0.2) is 65.0 Å². The number of aromatic nitrogens is 2. The summed E-state index contributed by atoms with van der Waals surface area (Å²) in [5.41, 5.74) is 2.83. The molecular weight excluding hydrogens is 392 g/mol. The lowest BCUT2D eigenvalue weighted by atomic mass is 9.85. The van der Waals surface area contributed by atoms with Gasteiger partial charge in [-0.3, -0.25) is 24.1 Å². The highest BCUT2D eigenvalue weighted by Gasteiger charge is 2.47. The average Bonchev–Trinajstić information content (AvgIpc) is 3.25. The Bertz CT molecular complexity index is 955. The summed E-state index contributed by atoms with van der Waals surface area (Å²) in [5, 5.41) is 4.60.